The van der Waals surface area contributed by atoms with Gasteiger partial charge in [-0.1, -0.05) is 30.3 Å². The quantitative estimate of drug-likeness (QED) is 0.883. The van der Waals surface area contributed by atoms with Gasteiger partial charge in [0.2, 0.25) is 5.91 Å². The van der Waals surface area contributed by atoms with Crippen molar-refractivity contribution in [1.82, 2.24) is 20.4 Å². The van der Waals surface area contributed by atoms with Gasteiger partial charge in [-0.3, -0.25) is 9.48 Å². The van der Waals surface area contributed by atoms with Crippen LogP contribution in [-0.4, -0.2) is 28.3 Å². The summed E-state index contributed by atoms with van der Waals surface area (Å²) >= 11 is 0. The number of nitrogens with zero attached hydrogens (tertiary/aromatic N) is 2. The molecule has 116 valence electrons. The van der Waals surface area contributed by atoms with Gasteiger partial charge in [0.1, 0.15) is 0 Å². The predicted molar refractivity (Wildman–Crippen MR) is 85.3 cm³/mol. The first-order valence-electron chi connectivity index (χ1n) is 7.87. The lowest BCUT2D eigenvalue weighted by molar-refractivity contribution is -0.122. The van der Waals surface area contributed by atoms with Crippen LogP contribution in [0.1, 0.15) is 30.4 Å². The molecule has 2 heterocycles. The fraction of sp³-hybridized carbons (Fsp3) is 0.412. The Labute approximate surface area is 130 Å². The van der Waals surface area contributed by atoms with Crippen molar-refractivity contribution in [2.75, 3.05) is 6.54 Å². The Morgan fingerprint density at radius 3 is 2.95 bits per heavy atom. The maximum absolute atomic E-state index is 11.9. The molecule has 1 aromatic carbocycles. The first-order chi connectivity index (χ1) is 10.8. The number of hydrogen-bond acceptors (Lipinski definition) is 3. The van der Waals surface area contributed by atoms with E-state index in [1.165, 1.54) is 5.56 Å². The summed E-state index contributed by atoms with van der Waals surface area (Å²) in [6, 6.07) is 10.2. The molecule has 1 atom stereocenters. The number of nitrogens with one attached hydrogen (secondary N) is 2. The number of aromatic nitrogens is 2. The Morgan fingerprint density at radius 1 is 1.23 bits per heavy atom. The number of carbonyl (C=O) groups excluding carboxylic acids is 1. The van der Waals surface area contributed by atoms with E-state index >= 15 is 0 Å². The second-order valence-corrected chi connectivity index (χ2v) is 5.75. The van der Waals surface area contributed by atoms with Crippen molar-refractivity contribution in [2.24, 2.45) is 0 Å². The summed E-state index contributed by atoms with van der Waals surface area (Å²) in [6.45, 7) is 2.24. The molecule has 1 aliphatic heterocycles. The van der Waals surface area contributed by atoms with Gasteiger partial charge < -0.3 is 10.6 Å². The van der Waals surface area contributed by atoms with Crippen LogP contribution in [0, 0.1) is 0 Å². The van der Waals surface area contributed by atoms with Crippen LogP contribution >= 0.6 is 0 Å². The molecule has 3 rings (SSSR count). The number of amides is 1. The molecule has 1 aliphatic rings. The van der Waals surface area contributed by atoms with Crippen molar-refractivity contribution in [3.63, 3.8) is 0 Å². The topological polar surface area (TPSA) is 59.0 Å². The highest BCUT2D eigenvalue weighted by molar-refractivity contribution is 5.81. The molecular formula is C17H22N4O. The van der Waals surface area contributed by atoms with Crippen LogP contribution in [0.5, 0.6) is 0 Å². The van der Waals surface area contributed by atoms with E-state index in [9.17, 15) is 4.79 Å². The summed E-state index contributed by atoms with van der Waals surface area (Å²) in [5, 5.41) is 10.7. The fourth-order valence-electron chi connectivity index (χ4n) is 2.73. The van der Waals surface area contributed by atoms with Gasteiger partial charge in [-0.25, -0.2) is 0 Å². The molecule has 2 aromatic rings. The molecule has 0 spiro atoms. The summed E-state index contributed by atoms with van der Waals surface area (Å²) in [7, 11) is 0. The Bertz CT molecular complexity index is 608. The third kappa shape index (κ3) is 3.95. The second kappa shape index (κ2) is 7.22. The van der Waals surface area contributed by atoms with Crippen molar-refractivity contribution in [2.45, 2.75) is 38.4 Å². The largest absolute Gasteiger partial charge is 0.355 e. The second-order valence-electron chi connectivity index (χ2n) is 5.75. The molecule has 0 aliphatic carbocycles. The van der Waals surface area contributed by atoms with Crippen molar-refractivity contribution in [1.29, 1.82) is 0 Å². The van der Waals surface area contributed by atoms with Crippen LogP contribution in [0.15, 0.2) is 42.7 Å². The summed E-state index contributed by atoms with van der Waals surface area (Å²) in [5.74, 6) is 0.120. The van der Waals surface area contributed by atoms with E-state index in [1.54, 1.807) is 0 Å². The lowest BCUT2D eigenvalue weighted by atomic mass is 10.1. The molecular weight excluding hydrogens is 276 g/mol. The van der Waals surface area contributed by atoms with Gasteiger partial charge in [-0.15, -0.1) is 0 Å². The van der Waals surface area contributed by atoms with E-state index in [2.05, 4.69) is 27.9 Å². The van der Waals surface area contributed by atoms with E-state index in [0.29, 0.717) is 6.54 Å². The van der Waals surface area contributed by atoms with Crippen LogP contribution in [0.25, 0.3) is 0 Å². The lowest BCUT2D eigenvalue weighted by Crippen LogP contribution is -2.42. The maximum atomic E-state index is 11.9. The van der Waals surface area contributed by atoms with E-state index in [4.69, 9.17) is 0 Å². The van der Waals surface area contributed by atoms with Gasteiger partial charge in [0.15, 0.2) is 0 Å². The molecule has 5 nitrogen and oxygen atoms in total. The SMILES string of the molecule is O=C1NCCCCC1NCc1cnn(Cc2ccccc2)c1. The van der Waals surface area contributed by atoms with Crippen LogP contribution < -0.4 is 10.6 Å². The zero-order valence-electron chi connectivity index (χ0n) is 12.7. The van der Waals surface area contributed by atoms with Crippen LogP contribution in [0.4, 0.5) is 0 Å². The molecule has 0 radical (unpaired) electrons. The minimum atomic E-state index is -0.0834. The van der Waals surface area contributed by atoms with E-state index in [0.717, 1.165) is 37.9 Å². The molecule has 0 saturated carbocycles. The fourth-order valence-corrected chi connectivity index (χ4v) is 2.73. The van der Waals surface area contributed by atoms with Gasteiger partial charge in [0, 0.05) is 24.8 Å². The van der Waals surface area contributed by atoms with Crippen molar-refractivity contribution >= 4 is 5.91 Å². The molecule has 0 bridgehead atoms. The molecule has 1 unspecified atom stereocenters. The van der Waals surface area contributed by atoms with Gasteiger partial charge in [-0.2, -0.15) is 5.10 Å². The molecule has 22 heavy (non-hydrogen) atoms. The van der Waals surface area contributed by atoms with Gasteiger partial charge in [-0.05, 0) is 24.8 Å². The number of carbonyl (C=O) groups is 1. The first kappa shape index (κ1) is 14.8. The van der Waals surface area contributed by atoms with Crippen molar-refractivity contribution in [3.05, 3.63) is 53.9 Å². The zero-order valence-corrected chi connectivity index (χ0v) is 12.7. The highest BCUT2D eigenvalue weighted by Crippen LogP contribution is 2.08. The maximum Gasteiger partial charge on any atom is 0.237 e. The smallest absolute Gasteiger partial charge is 0.237 e. The molecule has 1 fully saturated rings. The number of benzene rings is 1. The minimum absolute atomic E-state index is 0.0834. The Hall–Kier alpha value is -2.14. The summed E-state index contributed by atoms with van der Waals surface area (Å²) < 4.78 is 1.93. The third-order valence-electron chi connectivity index (χ3n) is 3.96. The summed E-state index contributed by atoms with van der Waals surface area (Å²) in [4.78, 5) is 11.9. The average molecular weight is 298 g/mol. The molecule has 1 amide bonds. The van der Waals surface area contributed by atoms with Crippen LogP contribution in [0.3, 0.4) is 0 Å². The van der Waals surface area contributed by atoms with Gasteiger partial charge in [0.05, 0.1) is 18.8 Å². The monoisotopic (exact) mass is 298 g/mol. The minimum Gasteiger partial charge on any atom is -0.355 e. The van der Waals surface area contributed by atoms with E-state index in [-0.39, 0.29) is 11.9 Å². The van der Waals surface area contributed by atoms with Crippen molar-refractivity contribution in [3.8, 4) is 0 Å². The lowest BCUT2D eigenvalue weighted by Gasteiger charge is -2.14. The number of hydrogen-bond donors (Lipinski definition) is 2. The van der Waals surface area contributed by atoms with E-state index < -0.39 is 0 Å². The molecule has 1 saturated heterocycles. The van der Waals surface area contributed by atoms with Crippen LogP contribution in [0.2, 0.25) is 0 Å². The van der Waals surface area contributed by atoms with Gasteiger partial charge in [0.25, 0.3) is 0 Å². The molecule has 5 heteroatoms. The Morgan fingerprint density at radius 2 is 2.09 bits per heavy atom. The standard InChI is InChI=1S/C17H22N4O/c22-17-16(8-4-5-9-18-17)19-10-15-11-20-21(13-15)12-14-6-2-1-3-7-14/h1-3,6-7,11,13,16,19H,4-5,8-10,12H2,(H,18,22). The summed E-state index contributed by atoms with van der Waals surface area (Å²) in [6.07, 6.45) is 6.96. The highest BCUT2D eigenvalue weighted by atomic mass is 16.2. The predicted octanol–water partition coefficient (Wildman–Crippen LogP) is 1.69. The average Bonchev–Trinajstić information content (AvgIpc) is 2.87. The number of rotatable bonds is 5. The Balaban J connectivity index is 1.54. The van der Waals surface area contributed by atoms with Crippen LogP contribution in [-0.2, 0) is 17.9 Å². The van der Waals surface area contributed by atoms with Crippen molar-refractivity contribution < 1.29 is 4.79 Å². The van der Waals surface area contributed by atoms with E-state index in [1.807, 2.05) is 35.3 Å². The molecule has 1 aromatic heterocycles. The normalized spacial score (nSPS) is 18.7. The highest BCUT2D eigenvalue weighted by Gasteiger charge is 2.19. The summed E-state index contributed by atoms with van der Waals surface area (Å²) in [5.41, 5.74) is 2.33. The first-order valence-corrected chi connectivity index (χ1v) is 7.87. The molecule has 2 N–H and O–H groups in total. The Kier molecular flexibility index (Phi) is 4.85. The van der Waals surface area contributed by atoms with Gasteiger partial charge >= 0.3 is 0 Å². The third-order valence-corrected chi connectivity index (χ3v) is 3.96. The zero-order chi connectivity index (χ0) is 15.2.